The molecule has 0 unspecified atom stereocenters. The van der Waals surface area contributed by atoms with Crippen LogP contribution in [-0.2, 0) is 0 Å². The van der Waals surface area contributed by atoms with Crippen LogP contribution < -0.4 is 5.32 Å². The molecule has 0 saturated carbocycles. The van der Waals surface area contributed by atoms with Gasteiger partial charge in [0.1, 0.15) is 0 Å². The molecule has 122 valence electrons. The Labute approximate surface area is 150 Å². The maximum Gasteiger partial charge on any atom is 0.256 e. The van der Waals surface area contributed by atoms with Crippen molar-refractivity contribution in [3.8, 4) is 0 Å². The minimum Gasteiger partial charge on any atom is -0.320 e. The summed E-state index contributed by atoms with van der Waals surface area (Å²) in [5.74, 6) is -0.177. The summed E-state index contributed by atoms with van der Waals surface area (Å²) >= 11 is 6.25. The van der Waals surface area contributed by atoms with Crippen LogP contribution in [-0.4, -0.2) is 10.9 Å². The number of hydrogen-bond donors (Lipinski definition) is 1. The molecule has 4 heteroatoms. The van der Waals surface area contributed by atoms with Gasteiger partial charge in [-0.3, -0.25) is 9.78 Å². The molecule has 0 radical (unpaired) electrons. The van der Waals surface area contributed by atoms with Crippen LogP contribution in [0.4, 0.5) is 5.69 Å². The van der Waals surface area contributed by atoms with E-state index >= 15 is 0 Å². The first kappa shape index (κ1) is 15.6. The number of anilines is 1. The van der Waals surface area contributed by atoms with Gasteiger partial charge in [-0.2, -0.15) is 0 Å². The zero-order valence-electron chi connectivity index (χ0n) is 13.6. The molecule has 25 heavy (non-hydrogen) atoms. The van der Waals surface area contributed by atoms with Gasteiger partial charge in [-0.25, -0.2) is 0 Å². The van der Waals surface area contributed by atoms with Crippen LogP contribution in [0.3, 0.4) is 0 Å². The number of hydrogen-bond acceptors (Lipinski definition) is 2. The second kappa shape index (κ2) is 6.19. The Bertz CT molecular complexity index is 1120. The fourth-order valence-electron chi connectivity index (χ4n) is 3.00. The number of halogens is 1. The average molecular weight is 347 g/mol. The molecular formula is C21H15ClN2O. The van der Waals surface area contributed by atoms with Crippen LogP contribution in [0, 0.1) is 6.92 Å². The van der Waals surface area contributed by atoms with Crippen molar-refractivity contribution in [3.05, 3.63) is 83.0 Å². The lowest BCUT2D eigenvalue weighted by Crippen LogP contribution is -2.13. The fraction of sp³-hybridized carbons (Fsp3) is 0.0476. The van der Waals surface area contributed by atoms with Gasteiger partial charge >= 0.3 is 0 Å². The number of nitrogens with one attached hydrogen (secondary N) is 1. The number of rotatable bonds is 2. The zero-order valence-corrected chi connectivity index (χ0v) is 14.3. The first-order chi connectivity index (χ1) is 12.1. The van der Waals surface area contributed by atoms with Gasteiger partial charge in [0.15, 0.2) is 0 Å². The normalized spacial score (nSPS) is 11.0. The van der Waals surface area contributed by atoms with Gasteiger partial charge < -0.3 is 5.32 Å². The summed E-state index contributed by atoms with van der Waals surface area (Å²) in [6.45, 7) is 1.94. The van der Waals surface area contributed by atoms with Crippen molar-refractivity contribution < 1.29 is 4.79 Å². The molecule has 0 fully saturated rings. The standard InChI is InChI=1S/C21H15ClN2O/c1-13-11-12-14-5-2-10-19(20(14)23-13)24-21(25)17-8-3-7-16-15(17)6-4-9-18(16)22/h2-12H,1H3,(H,24,25). The van der Waals surface area contributed by atoms with Gasteiger partial charge in [0, 0.05) is 27.1 Å². The molecule has 0 atom stereocenters. The smallest absolute Gasteiger partial charge is 0.256 e. The van der Waals surface area contributed by atoms with Crippen molar-refractivity contribution in [2.24, 2.45) is 0 Å². The Morgan fingerprint density at radius 2 is 1.68 bits per heavy atom. The van der Waals surface area contributed by atoms with Gasteiger partial charge in [0.05, 0.1) is 11.2 Å². The minimum atomic E-state index is -0.177. The average Bonchev–Trinajstić information content (AvgIpc) is 2.62. The number of carbonyl (C=O) groups excluding carboxylic acids is 1. The minimum absolute atomic E-state index is 0.177. The molecule has 1 heterocycles. The van der Waals surface area contributed by atoms with Gasteiger partial charge in [0.2, 0.25) is 0 Å². The Morgan fingerprint density at radius 3 is 2.56 bits per heavy atom. The van der Waals surface area contributed by atoms with E-state index in [9.17, 15) is 4.79 Å². The highest BCUT2D eigenvalue weighted by Gasteiger charge is 2.13. The molecule has 0 spiro atoms. The summed E-state index contributed by atoms with van der Waals surface area (Å²) in [6, 6.07) is 20.9. The molecule has 4 aromatic rings. The maximum atomic E-state index is 12.9. The number of nitrogens with zero attached hydrogens (tertiary/aromatic N) is 1. The highest BCUT2D eigenvalue weighted by atomic mass is 35.5. The van der Waals surface area contributed by atoms with Crippen LogP contribution in [0.5, 0.6) is 0 Å². The first-order valence-electron chi connectivity index (χ1n) is 7.98. The number of aryl methyl sites for hydroxylation is 1. The van der Waals surface area contributed by atoms with Crippen LogP contribution in [0.15, 0.2) is 66.7 Å². The van der Waals surface area contributed by atoms with Gasteiger partial charge in [-0.05, 0) is 36.6 Å². The van der Waals surface area contributed by atoms with E-state index in [4.69, 9.17) is 11.6 Å². The highest BCUT2D eigenvalue weighted by molar-refractivity contribution is 6.36. The van der Waals surface area contributed by atoms with E-state index in [-0.39, 0.29) is 5.91 Å². The van der Waals surface area contributed by atoms with Gasteiger partial charge in [-0.15, -0.1) is 0 Å². The molecule has 0 aliphatic carbocycles. The first-order valence-corrected chi connectivity index (χ1v) is 8.36. The molecule has 0 saturated heterocycles. The Kier molecular flexibility index (Phi) is 3.86. The summed E-state index contributed by atoms with van der Waals surface area (Å²) in [5.41, 5.74) is 2.98. The van der Waals surface area contributed by atoms with Crippen LogP contribution in [0.25, 0.3) is 21.7 Å². The number of carbonyl (C=O) groups is 1. The number of amides is 1. The van der Waals surface area contributed by atoms with Crippen molar-refractivity contribution >= 4 is 44.9 Å². The number of fused-ring (bicyclic) bond motifs is 2. The Hall–Kier alpha value is -2.91. The molecule has 0 aliphatic rings. The lowest BCUT2D eigenvalue weighted by molar-refractivity contribution is 0.102. The quantitative estimate of drug-likeness (QED) is 0.513. The van der Waals surface area contributed by atoms with E-state index < -0.39 is 0 Å². The van der Waals surface area contributed by atoms with Crippen molar-refractivity contribution in [2.45, 2.75) is 6.92 Å². The third kappa shape index (κ3) is 2.83. The van der Waals surface area contributed by atoms with Crippen molar-refractivity contribution in [1.29, 1.82) is 0 Å². The van der Waals surface area contributed by atoms with E-state index in [1.54, 1.807) is 6.07 Å². The molecular weight excluding hydrogens is 332 g/mol. The third-order valence-corrected chi connectivity index (χ3v) is 4.55. The van der Waals surface area contributed by atoms with E-state index in [0.29, 0.717) is 16.3 Å². The van der Waals surface area contributed by atoms with Crippen LogP contribution in [0.2, 0.25) is 5.02 Å². The maximum absolute atomic E-state index is 12.9. The molecule has 1 aromatic heterocycles. The number of pyridine rings is 1. The predicted molar refractivity (Wildman–Crippen MR) is 103 cm³/mol. The largest absolute Gasteiger partial charge is 0.320 e. The summed E-state index contributed by atoms with van der Waals surface area (Å²) in [6.07, 6.45) is 0. The number of benzene rings is 3. The Balaban J connectivity index is 1.79. The molecule has 0 bridgehead atoms. The molecule has 3 nitrogen and oxygen atoms in total. The summed E-state index contributed by atoms with van der Waals surface area (Å²) < 4.78 is 0. The van der Waals surface area contributed by atoms with Crippen molar-refractivity contribution in [3.63, 3.8) is 0 Å². The zero-order chi connectivity index (χ0) is 17.4. The monoisotopic (exact) mass is 346 g/mol. The molecule has 0 aliphatic heterocycles. The van der Waals surface area contributed by atoms with Crippen molar-refractivity contribution in [2.75, 3.05) is 5.32 Å². The number of para-hydroxylation sites is 1. The topological polar surface area (TPSA) is 42.0 Å². The SMILES string of the molecule is Cc1ccc2cccc(NC(=O)c3cccc4c(Cl)cccc34)c2n1. The highest BCUT2D eigenvalue weighted by Crippen LogP contribution is 2.27. The number of aromatic nitrogens is 1. The van der Waals surface area contributed by atoms with E-state index in [1.807, 2.05) is 67.6 Å². The van der Waals surface area contributed by atoms with Gasteiger partial charge in [-0.1, -0.05) is 54.1 Å². The molecule has 1 N–H and O–H groups in total. The summed E-state index contributed by atoms with van der Waals surface area (Å²) in [4.78, 5) is 17.4. The van der Waals surface area contributed by atoms with E-state index in [1.165, 1.54) is 0 Å². The van der Waals surface area contributed by atoms with Gasteiger partial charge in [0.25, 0.3) is 5.91 Å². The molecule has 3 aromatic carbocycles. The van der Waals surface area contributed by atoms with E-state index in [0.717, 1.165) is 27.4 Å². The van der Waals surface area contributed by atoms with Crippen LogP contribution >= 0.6 is 11.6 Å². The summed E-state index contributed by atoms with van der Waals surface area (Å²) in [5, 5.41) is 6.31. The molecule has 1 amide bonds. The third-order valence-electron chi connectivity index (χ3n) is 4.22. The molecule has 4 rings (SSSR count). The fourth-order valence-corrected chi connectivity index (χ4v) is 3.24. The summed E-state index contributed by atoms with van der Waals surface area (Å²) in [7, 11) is 0. The lowest BCUT2D eigenvalue weighted by atomic mass is 10.0. The van der Waals surface area contributed by atoms with E-state index in [2.05, 4.69) is 10.3 Å². The second-order valence-corrected chi connectivity index (χ2v) is 6.33. The van der Waals surface area contributed by atoms with Crippen LogP contribution in [0.1, 0.15) is 16.1 Å². The Morgan fingerprint density at radius 1 is 0.920 bits per heavy atom. The predicted octanol–water partition coefficient (Wildman–Crippen LogP) is 5.60. The lowest BCUT2D eigenvalue weighted by Gasteiger charge is -2.11. The second-order valence-electron chi connectivity index (χ2n) is 5.92. The van der Waals surface area contributed by atoms with Crippen molar-refractivity contribution in [1.82, 2.24) is 4.98 Å².